The normalized spacial score (nSPS) is 17.5. The number of nitrogens with one attached hydrogen (secondary N) is 1. The first-order valence-corrected chi connectivity index (χ1v) is 8.87. The number of carbonyl (C=O) groups excluding carboxylic acids is 1. The van der Waals surface area contributed by atoms with Crippen molar-refractivity contribution in [3.8, 4) is 0 Å². The minimum Gasteiger partial charge on any atom is -0.361 e. The molecule has 23 heavy (non-hydrogen) atoms. The number of alkyl halides is 1. The molecule has 3 nitrogen and oxygen atoms in total. The van der Waals surface area contributed by atoms with Gasteiger partial charge in [0.1, 0.15) is 5.88 Å². The Morgan fingerprint density at radius 2 is 2.22 bits per heavy atom. The Morgan fingerprint density at radius 1 is 1.35 bits per heavy atom. The zero-order valence-electron chi connectivity index (χ0n) is 13.3. The molecule has 0 aliphatic heterocycles. The quantitative estimate of drug-likeness (QED) is 0.627. The van der Waals surface area contributed by atoms with Gasteiger partial charge in [0.25, 0.3) is 0 Å². The molecule has 2 aromatic rings. The van der Waals surface area contributed by atoms with Gasteiger partial charge in [0.2, 0.25) is 5.91 Å². The molecule has 4 heteroatoms. The first kappa shape index (κ1) is 16.1. The molecule has 1 amide bonds. The number of benzene rings is 1. The fraction of sp³-hybridized carbons (Fsp3) is 0.421. The van der Waals surface area contributed by atoms with Crippen LogP contribution in [0.1, 0.15) is 24.8 Å². The van der Waals surface area contributed by atoms with Crippen molar-refractivity contribution in [1.29, 1.82) is 0 Å². The number of fused-ring (bicyclic) bond motifs is 1. The molecular formula is C19H23ClN2O. The summed E-state index contributed by atoms with van der Waals surface area (Å²) in [6.45, 7) is 1.50. The summed E-state index contributed by atoms with van der Waals surface area (Å²) < 4.78 is 0. The molecule has 0 bridgehead atoms. The number of para-hydroxylation sites is 1. The zero-order valence-corrected chi connectivity index (χ0v) is 14.1. The van der Waals surface area contributed by atoms with E-state index >= 15 is 0 Å². The van der Waals surface area contributed by atoms with Gasteiger partial charge in [0, 0.05) is 30.2 Å². The van der Waals surface area contributed by atoms with Crippen LogP contribution in [0.4, 0.5) is 0 Å². The van der Waals surface area contributed by atoms with Gasteiger partial charge in [0.05, 0.1) is 0 Å². The number of H-pyrrole nitrogens is 1. The van der Waals surface area contributed by atoms with E-state index in [0.29, 0.717) is 5.92 Å². The largest absolute Gasteiger partial charge is 0.361 e. The molecule has 0 saturated heterocycles. The molecule has 1 aliphatic carbocycles. The smallest absolute Gasteiger partial charge is 0.237 e. The third-order valence-corrected chi connectivity index (χ3v) is 4.83. The van der Waals surface area contributed by atoms with E-state index in [1.807, 2.05) is 17.0 Å². The van der Waals surface area contributed by atoms with Crippen LogP contribution < -0.4 is 0 Å². The number of hydrogen-bond acceptors (Lipinski definition) is 1. The Labute approximate surface area is 142 Å². The predicted octanol–water partition coefficient (Wildman–Crippen LogP) is 4.13. The monoisotopic (exact) mass is 330 g/mol. The molecule has 1 heterocycles. The molecule has 1 atom stereocenters. The van der Waals surface area contributed by atoms with Gasteiger partial charge >= 0.3 is 0 Å². The summed E-state index contributed by atoms with van der Waals surface area (Å²) in [5.74, 6) is 0.564. The topological polar surface area (TPSA) is 36.1 Å². The van der Waals surface area contributed by atoms with Crippen molar-refractivity contribution < 1.29 is 4.79 Å². The summed E-state index contributed by atoms with van der Waals surface area (Å²) in [7, 11) is 0. The van der Waals surface area contributed by atoms with E-state index in [0.717, 1.165) is 37.9 Å². The second-order valence-corrected chi connectivity index (χ2v) is 6.47. The first-order valence-electron chi connectivity index (χ1n) is 8.33. The average Bonchev–Trinajstić information content (AvgIpc) is 3.02. The van der Waals surface area contributed by atoms with Gasteiger partial charge in [-0.1, -0.05) is 30.4 Å². The van der Waals surface area contributed by atoms with Crippen LogP contribution in [-0.2, 0) is 11.2 Å². The lowest BCUT2D eigenvalue weighted by Crippen LogP contribution is -2.37. The molecule has 1 N–H and O–H groups in total. The van der Waals surface area contributed by atoms with Crippen LogP contribution >= 0.6 is 11.6 Å². The third kappa shape index (κ3) is 3.97. The SMILES string of the molecule is O=C(CCl)N(CCc1c[nH]c2ccccc12)CC1C=CCCC1. The zero-order chi connectivity index (χ0) is 16.1. The molecule has 1 aromatic carbocycles. The van der Waals surface area contributed by atoms with Gasteiger partial charge in [-0.2, -0.15) is 0 Å². The van der Waals surface area contributed by atoms with Gasteiger partial charge in [0.15, 0.2) is 0 Å². The molecule has 0 fully saturated rings. The van der Waals surface area contributed by atoms with Crippen LogP contribution in [0.25, 0.3) is 10.9 Å². The van der Waals surface area contributed by atoms with Crippen molar-refractivity contribution in [2.45, 2.75) is 25.7 Å². The fourth-order valence-corrected chi connectivity index (χ4v) is 3.48. The Morgan fingerprint density at radius 3 is 3.00 bits per heavy atom. The van der Waals surface area contributed by atoms with E-state index in [-0.39, 0.29) is 11.8 Å². The fourth-order valence-electron chi connectivity index (χ4n) is 3.31. The number of hydrogen-bond donors (Lipinski definition) is 1. The highest BCUT2D eigenvalue weighted by molar-refractivity contribution is 6.27. The number of rotatable bonds is 6. The number of carbonyl (C=O) groups is 1. The predicted molar refractivity (Wildman–Crippen MR) is 95.8 cm³/mol. The summed E-state index contributed by atoms with van der Waals surface area (Å²) in [4.78, 5) is 17.4. The number of allylic oxidation sites excluding steroid dienone is 1. The van der Waals surface area contributed by atoms with Crippen molar-refractivity contribution in [1.82, 2.24) is 9.88 Å². The summed E-state index contributed by atoms with van der Waals surface area (Å²) in [6, 6.07) is 8.28. The van der Waals surface area contributed by atoms with Crippen molar-refractivity contribution in [2.24, 2.45) is 5.92 Å². The van der Waals surface area contributed by atoms with Gasteiger partial charge < -0.3 is 9.88 Å². The highest BCUT2D eigenvalue weighted by Crippen LogP contribution is 2.21. The number of nitrogens with zero attached hydrogens (tertiary/aromatic N) is 1. The first-order chi connectivity index (χ1) is 11.3. The summed E-state index contributed by atoms with van der Waals surface area (Å²) >= 11 is 5.80. The lowest BCUT2D eigenvalue weighted by Gasteiger charge is -2.27. The van der Waals surface area contributed by atoms with E-state index < -0.39 is 0 Å². The summed E-state index contributed by atoms with van der Waals surface area (Å²) in [5.41, 5.74) is 2.40. The van der Waals surface area contributed by atoms with Crippen molar-refractivity contribution in [2.75, 3.05) is 19.0 Å². The van der Waals surface area contributed by atoms with Gasteiger partial charge in [-0.15, -0.1) is 11.6 Å². The Hall–Kier alpha value is -1.74. The van der Waals surface area contributed by atoms with Crippen LogP contribution in [0.2, 0.25) is 0 Å². The minimum absolute atomic E-state index is 0.0329. The van der Waals surface area contributed by atoms with Gasteiger partial charge in [-0.3, -0.25) is 4.79 Å². The van der Waals surface area contributed by atoms with Crippen LogP contribution in [0, 0.1) is 5.92 Å². The number of aromatic nitrogens is 1. The molecule has 3 rings (SSSR count). The standard InChI is InChI=1S/C19H23ClN2O/c20-12-19(23)22(14-15-6-2-1-3-7-15)11-10-16-13-21-18-9-5-4-8-17(16)18/h2,4-6,8-9,13,15,21H,1,3,7,10-12,14H2. The third-order valence-electron chi connectivity index (χ3n) is 4.60. The molecule has 0 saturated carbocycles. The number of halogens is 1. The van der Waals surface area contributed by atoms with Crippen molar-refractivity contribution >= 4 is 28.4 Å². The Kier molecular flexibility index (Phi) is 5.39. The van der Waals surface area contributed by atoms with Crippen LogP contribution in [0.5, 0.6) is 0 Å². The van der Waals surface area contributed by atoms with Gasteiger partial charge in [-0.05, 0) is 43.2 Å². The molecule has 1 aliphatic rings. The number of amides is 1. The van der Waals surface area contributed by atoms with Crippen molar-refractivity contribution in [3.05, 3.63) is 48.2 Å². The average molecular weight is 331 g/mol. The lowest BCUT2D eigenvalue weighted by atomic mass is 9.95. The minimum atomic E-state index is 0.0329. The maximum Gasteiger partial charge on any atom is 0.237 e. The second-order valence-electron chi connectivity index (χ2n) is 6.20. The van der Waals surface area contributed by atoms with E-state index in [2.05, 4.69) is 35.5 Å². The highest BCUT2D eigenvalue weighted by Gasteiger charge is 2.18. The molecule has 1 aromatic heterocycles. The van der Waals surface area contributed by atoms with E-state index in [1.54, 1.807) is 0 Å². The second kappa shape index (κ2) is 7.69. The molecule has 0 spiro atoms. The summed E-state index contributed by atoms with van der Waals surface area (Å²) in [5, 5.41) is 1.24. The van der Waals surface area contributed by atoms with E-state index in [9.17, 15) is 4.79 Å². The van der Waals surface area contributed by atoms with Gasteiger partial charge in [-0.25, -0.2) is 0 Å². The van der Waals surface area contributed by atoms with Crippen molar-refractivity contribution in [3.63, 3.8) is 0 Å². The summed E-state index contributed by atoms with van der Waals surface area (Å²) in [6.07, 6.45) is 10.9. The van der Waals surface area contributed by atoms with Crippen LogP contribution in [0.15, 0.2) is 42.6 Å². The maximum absolute atomic E-state index is 12.2. The number of aromatic amines is 1. The van der Waals surface area contributed by atoms with Crippen LogP contribution in [0.3, 0.4) is 0 Å². The highest BCUT2D eigenvalue weighted by atomic mass is 35.5. The van der Waals surface area contributed by atoms with E-state index in [4.69, 9.17) is 11.6 Å². The van der Waals surface area contributed by atoms with Crippen LogP contribution in [-0.4, -0.2) is 34.8 Å². The maximum atomic E-state index is 12.2. The Balaban J connectivity index is 1.67. The molecular weight excluding hydrogens is 308 g/mol. The molecule has 0 radical (unpaired) electrons. The Bertz CT molecular complexity index is 691. The molecule has 122 valence electrons. The lowest BCUT2D eigenvalue weighted by molar-refractivity contribution is -0.129. The van der Waals surface area contributed by atoms with E-state index in [1.165, 1.54) is 17.4 Å². The molecule has 1 unspecified atom stereocenters.